The number of carbonyl (C=O) groups is 1. The van der Waals surface area contributed by atoms with Crippen LogP contribution >= 0.6 is 0 Å². The van der Waals surface area contributed by atoms with Gasteiger partial charge in [-0.3, -0.25) is 4.98 Å². The second-order valence-electron chi connectivity index (χ2n) is 8.91. The fourth-order valence-electron chi connectivity index (χ4n) is 4.06. The second kappa shape index (κ2) is 10.2. The number of hydrogen-bond acceptors (Lipinski definition) is 6. The van der Waals surface area contributed by atoms with E-state index in [2.05, 4.69) is 27.0 Å². The average molecular weight is 476 g/mol. The van der Waals surface area contributed by atoms with Crippen LogP contribution in [-0.4, -0.2) is 36.8 Å². The number of nitrogens with zero attached hydrogens (tertiary/aromatic N) is 2. The maximum absolute atomic E-state index is 14.6. The zero-order chi connectivity index (χ0) is 24.2. The van der Waals surface area contributed by atoms with Gasteiger partial charge >= 0.3 is 6.03 Å². The van der Waals surface area contributed by atoms with Crippen molar-refractivity contribution in [2.24, 2.45) is 5.92 Å². The summed E-state index contributed by atoms with van der Waals surface area (Å²) in [5, 5.41) is 18.9. The van der Waals surface area contributed by atoms with Crippen LogP contribution in [0.2, 0.25) is 0 Å². The predicted octanol–water partition coefficient (Wildman–Crippen LogP) is 4.70. The number of fused-ring (bicyclic) bond motifs is 1. The number of carbonyl (C=O) groups excluding carboxylic acids is 1. The Labute approximate surface area is 202 Å². The van der Waals surface area contributed by atoms with Gasteiger partial charge in [0.25, 0.3) is 0 Å². The van der Waals surface area contributed by atoms with Crippen LogP contribution < -0.4 is 25.4 Å². The summed E-state index contributed by atoms with van der Waals surface area (Å²) in [4.78, 5) is 16.3. The molecule has 0 radical (unpaired) electrons. The Balaban J connectivity index is 1.33. The lowest BCUT2D eigenvalue weighted by atomic mass is 9.99. The van der Waals surface area contributed by atoms with E-state index in [4.69, 9.17) is 9.47 Å². The van der Waals surface area contributed by atoms with Gasteiger partial charge in [0.2, 0.25) is 0 Å². The molecule has 1 aromatic heterocycles. The summed E-state index contributed by atoms with van der Waals surface area (Å²) in [5.74, 6) is 1.02. The Morgan fingerprint density at radius 2 is 1.97 bits per heavy atom. The van der Waals surface area contributed by atoms with Crippen molar-refractivity contribution in [1.82, 2.24) is 15.6 Å². The highest BCUT2D eigenvalue weighted by atomic mass is 19.1. The number of nitrogens with one attached hydrogen (secondary N) is 3. The summed E-state index contributed by atoms with van der Waals surface area (Å²) >= 11 is 0. The molecular formula is C26H26FN5O3. The van der Waals surface area contributed by atoms with Gasteiger partial charge in [0.15, 0.2) is 0 Å². The van der Waals surface area contributed by atoms with Crippen molar-refractivity contribution in [2.45, 2.75) is 31.7 Å². The molecule has 0 unspecified atom stereocenters. The van der Waals surface area contributed by atoms with E-state index in [-0.39, 0.29) is 17.5 Å². The molecule has 0 spiro atoms. The van der Waals surface area contributed by atoms with Gasteiger partial charge in [0.1, 0.15) is 29.1 Å². The van der Waals surface area contributed by atoms with Gasteiger partial charge in [0.05, 0.1) is 23.4 Å². The maximum Gasteiger partial charge on any atom is 0.319 e. The molecular weight excluding hydrogens is 449 g/mol. The Morgan fingerprint density at radius 3 is 2.71 bits per heavy atom. The lowest BCUT2D eigenvalue weighted by Gasteiger charge is -2.23. The molecule has 180 valence electrons. The minimum absolute atomic E-state index is 0.0670. The monoisotopic (exact) mass is 475 g/mol. The summed E-state index contributed by atoms with van der Waals surface area (Å²) in [7, 11) is 0. The molecule has 2 heterocycles. The first kappa shape index (κ1) is 22.9. The summed E-state index contributed by atoms with van der Waals surface area (Å²) in [6.45, 7) is 2.51. The van der Waals surface area contributed by atoms with Gasteiger partial charge in [-0.15, -0.1) is 0 Å². The van der Waals surface area contributed by atoms with Crippen molar-refractivity contribution in [3.05, 3.63) is 54.0 Å². The molecule has 0 atom stereocenters. The van der Waals surface area contributed by atoms with E-state index in [1.165, 1.54) is 12.1 Å². The third-order valence-corrected chi connectivity index (χ3v) is 6.19. The number of benzene rings is 2. The minimum atomic E-state index is -0.613. The first-order valence-corrected chi connectivity index (χ1v) is 11.8. The van der Waals surface area contributed by atoms with Crippen molar-refractivity contribution >= 4 is 22.6 Å². The Bertz CT molecular complexity index is 1280. The van der Waals surface area contributed by atoms with Crippen molar-refractivity contribution in [2.75, 3.05) is 25.0 Å². The summed E-state index contributed by atoms with van der Waals surface area (Å²) in [5.41, 5.74) is 1.06. The highest BCUT2D eigenvalue weighted by Gasteiger charge is 2.23. The Hall–Kier alpha value is -3.90. The molecule has 2 aliphatic rings. The molecule has 1 aliphatic carbocycles. The van der Waals surface area contributed by atoms with Crippen LogP contribution in [0.5, 0.6) is 17.2 Å². The van der Waals surface area contributed by atoms with Gasteiger partial charge in [-0.25, -0.2) is 9.18 Å². The molecule has 1 aliphatic heterocycles. The fourth-order valence-corrected chi connectivity index (χ4v) is 4.06. The number of pyridine rings is 1. The van der Waals surface area contributed by atoms with Gasteiger partial charge < -0.3 is 25.4 Å². The SMILES string of the molecule is N#Cc1cc2c(Oc3ccc(NC(=O)NC4CC4)c(F)c3)ccnc2cc1OCC1CCNCC1. The van der Waals surface area contributed by atoms with Crippen LogP contribution in [0.4, 0.5) is 14.9 Å². The molecule has 3 N–H and O–H groups in total. The van der Waals surface area contributed by atoms with E-state index in [0.717, 1.165) is 38.8 Å². The Kier molecular flexibility index (Phi) is 6.64. The predicted molar refractivity (Wildman–Crippen MR) is 129 cm³/mol. The van der Waals surface area contributed by atoms with Crippen LogP contribution in [0, 0.1) is 23.1 Å². The van der Waals surface area contributed by atoms with Crippen LogP contribution in [0.15, 0.2) is 42.6 Å². The molecule has 5 rings (SSSR count). The van der Waals surface area contributed by atoms with Crippen molar-refractivity contribution < 1.29 is 18.7 Å². The largest absolute Gasteiger partial charge is 0.492 e. The summed E-state index contributed by atoms with van der Waals surface area (Å²) in [6.07, 6.45) is 5.57. The van der Waals surface area contributed by atoms with Crippen LogP contribution in [0.3, 0.4) is 0 Å². The van der Waals surface area contributed by atoms with Gasteiger partial charge in [0, 0.05) is 29.8 Å². The average Bonchev–Trinajstić information content (AvgIpc) is 3.68. The molecule has 1 saturated heterocycles. The van der Waals surface area contributed by atoms with Gasteiger partial charge in [-0.2, -0.15) is 5.26 Å². The number of nitriles is 1. The number of aromatic nitrogens is 1. The van der Waals surface area contributed by atoms with E-state index >= 15 is 0 Å². The molecule has 3 aromatic rings. The standard InChI is InChI=1S/C26H26FN5O3/c27-21-12-19(3-4-22(21)32-26(33)31-18-1-2-18)35-24-7-10-30-23-13-25(17(14-28)11-20(23)24)34-15-16-5-8-29-9-6-16/h3-4,7,10-13,16,18,29H,1-2,5-6,8-9,15H2,(H2,31,32,33). The number of ether oxygens (including phenoxy) is 2. The highest BCUT2D eigenvalue weighted by Crippen LogP contribution is 2.34. The van der Waals surface area contributed by atoms with Gasteiger partial charge in [-0.1, -0.05) is 0 Å². The number of urea groups is 1. The number of amides is 2. The van der Waals surface area contributed by atoms with E-state index in [1.54, 1.807) is 30.5 Å². The van der Waals surface area contributed by atoms with Gasteiger partial charge in [-0.05, 0) is 69.0 Å². The van der Waals surface area contributed by atoms with Crippen LogP contribution in [0.25, 0.3) is 10.9 Å². The first-order chi connectivity index (χ1) is 17.1. The highest BCUT2D eigenvalue weighted by molar-refractivity contribution is 5.90. The number of hydrogen-bond donors (Lipinski definition) is 3. The lowest BCUT2D eigenvalue weighted by molar-refractivity contribution is 0.215. The number of rotatable bonds is 7. The molecule has 35 heavy (non-hydrogen) atoms. The van der Waals surface area contributed by atoms with Crippen LogP contribution in [-0.2, 0) is 0 Å². The van der Waals surface area contributed by atoms with E-state index < -0.39 is 11.8 Å². The Morgan fingerprint density at radius 1 is 1.14 bits per heavy atom. The van der Waals surface area contributed by atoms with Crippen molar-refractivity contribution in [3.8, 4) is 23.3 Å². The summed E-state index contributed by atoms with van der Waals surface area (Å²) in [6, 6.07) is 11.3. The maximum atomic E-state index is 14.6. The molecule has 2 fully saturated rings. The van der Waals surface area contributed by atoms with Crippen LogP contribution in [0.1, 0.15) is 31.2 Å². The zero-order valence-electron chi connectivity index (χ0n) is 19.1. The lowest BCUT2D eigenvalue weighted by Crippen LogP contribution is -2.30. The van der Waals surface area contributed by atoms with E-state index in [0.29, 0.717) is 40.5 Å². The normalized spacial score (nSPS) is 15.9. The molecule has 2 aromatic carbocycles. The number of halogens is 1. The second-order valence-corrected chi connectivity index (χ2v) is 8.91. The third-order valence-electron chi connectivity index (χ3n) is 6.19. The third kappa shape index (κ3) is 5.61. The van der Waals surface area contributed by atoms with E-state index in [9.17, 15) is 14.4 Å². The van der Waals surface area contributed by atoms with Crippen molar-refractivity contribution in [3.63, 3.8) is 0 Å². The number of anilines is 1. The molecule has 8 nitrogen and oxygen atoms in total. The zero-order valence-corrected chi connectivity index (χ0v) is 19.1. The fraction of sp³-hybridized carbons (Fsp3) is 0.346. The van der Waals surface area contributed by atoms with Crippen molar-refractivity contribution in [1.29, 1.82) is 5.26 Å². The molecule has 0 bridgehead atoms. The molecule has 9 heteroatoms. The molecule has 1 saturated carbocycles. The molecule has 2 amide bonds. The first-order valence-electron chi connectivity index (χ1n) is 11.8. The topological polar surface area (TPSA) is 108 Å². The summed E-state index contributed by atoms with van der Waals surface area (Å²) < 4.78 is 26.5. The minimum Gasteiger partial charge on any atom is -0.492 e. The smallest absolute Gasteiger partial charge is 0.319 e. The quantitative estimate of drug-likeness (QED) is 0.457. The van der Waals surface area contributed by atoms with E-state index in [1.807, 2.05) is 0 Å². The number of piperidine rings is 1.